The highest BCUT2D eigenvalue weighted by atomic mass is 32.2. The summed E-state index contributed by atoms with van der Waals surface area (Å²) in [5, 5.41) is 10.4. The molecule has 0 saturated heterocycles. The molecular weight excluding hydrogens is 346 g/mol. The molecule has 0 fully saturated rings. The number of hydrogen-bond acceptors (Lipinski definition) is 5. The summed E-state index contributed by atoms with van der Waals surface area (Å²) in [5.41, 5.74) is 9.94. The van der Waals surface area contributed by atoms with Gasteiger partial charge in [0.1, 0.15) is 16.8 Å². The lowest BCUT2D eigenvalue weighted by Crippen LogP contribution is -2.14. The number of ether oxygens (including phenoxy) is 1. The molecule has 1 aliphatic carbocycles. The van der Waals surface area contributed by atoms with Gasteiger partial charge in [0.25, 0.3) is 0 Å². The first-order chi connectivity index (χ1) is 12.6. The van der Waals surface area contributed by atoms with E-state index >= 15 is 0 Å². The SMILES string of the molecule is COc1ccc(-c2c(C#N)c(SCC(N)=O)nc3c2CCCCC3)cc1. The van der Waals surface area contributed by atoms with Crippen LogP contribution in [0.1, 0.15) is 36.1 Å². The molecule has 2 aromatic rings. The van der Waals surface area contributed by atoms with Crippen LogP contribution in [0.5, 0.6) is 5.75 Å². The highest BCUT2D eigenvalue weighted by Crippen LogP contribution is 2.37. The van der Waals surface area contributed by atoms with Crippen molar-refractivity contribution in [1.29, 1.82) is 5.26 Å². The van der Waals surface area contributed by atoms with Crippen LogP contribution in [-0.2, 0) is 17.6 Å². The lowest BCUT2D eigenvalue weighted by atomic mass is 9.92. The number of aromatic nitrogens is 1. The first-order valence-electron chi connectivity index (χ1n) is 8.65. The van der Waals surface area contributed by atoms with Crippen LogP contribution in [0.3, 0.4) is 0 Å². The van der Waals surface area contributed by atoms with Gasteiger partial charge in [-0.3, -0.25) is 4.79 Å². The van der Waals surface area contributed by atoms with Crippen molar-refractivity contribution < 1.29 is 9.53 Å². The fourth-order valence-electron chi connectivity index (χ4n) is 3.32. The predicted octanol–water partition coefficient (Wildman–Crippen LogP) is 3.48. The Balaban J connectivity index is 2.19. The maximum atomic E-state index is 11.2. The zero-order valence-corrected chi connectivity index (χ0v) is 15.6. The molecule has 0 radical (unpaired) electrons. The second-order valence-corrected chi connectivity index (χ2v) is 7.21. The molecule has 1 aromatic heterocycles. The van der Waals surface area contributed by atoms with Crippen LogP contribution in [0.25, 0.3) is 11.1 Å². The van der Waals surface area contributed by atoms with Crippen LogP contribution in [0.2, 0.25) is 0 Å². The molecule has 0 saturated carbocycles. The van der Waals surface area contributed by atoms with E-state index in [0.717, 1.165) is 60.2 Å². The highest BCUT2D eigenvalue weighted by molar-refractivity contribution is 8.00. The molecule has 0 bridgehead atoms. The van der Waals surface area contributed by atoms with Gasteiger partial charge in [0.2, 0.25) is 5.91 Å². The molecule has 6 heteroatoms. The van der Waals surface area contributed by atoms with Crippen molar-refractivity contribution in [3.8, 4) is 22.9 Å². The van der Waals surface area contributed by atoms with Crippen molar-refractivity contribution in [2.24, 2.45) is 5.73 Å². The van der Waals surface area contributed by atoms with Gasteiger partial charge in [0.15, 0.2) is 0 Å². The van der Waals surface area contributed by atoms with E-state index in [4.69, 9.17) is 15.5 Å². The number of nitrogens with zero attached hydrogens (tertiary/aromatic N) is 2. The number of nitrogens with two attached hydrogens (primary N) is 1. The zero-order valence-electron chi connectivity index (χ0n) is 14.7. The number of thioether (sulfide) groups is 1. The number of nitriles is 1. The van der Waals surface area contributed by atoms with Gasteiger partial charge in [-0.05, 0) is 48.9 Å². The quantitative estimate of drug-likeness (QED) is 0.645. The number of carbonyl (C=O) groups excluding carboxylic acids is 1. The molecular formula is C20H21N3O2S. The van der Waals surface area contributed by atoms with Crippen molar-refractivity contribution in [3.05, 3.63) is 41.1 Å². The number of amides is 1. The van der Waals surface area contributed by atoms with Gasteiger partial charge in [-0.15, -0.1) is 0 Å². The second-order valence-electron chi connectivity index (χ2n) is 6.25. The van der Waals surface area contributed by atoms with Crippen LogP contribution in [0, 0.1) is 11.3 Å². The molecule has 0 spiro atoms. The third-order valence-electron chi connectivity index (χ3n) is 4.53. The average molecular weight is 367 g/mol. The molecule has 0 aliphatic heterocycles. The van der Waals surface area contributed by atoms with E-state index in [0.29, 0.717) is 10.6 Å². The van der Waals surface area contributed by atoms with E-state index < -0.39 is 5.91 Å². The number of benzene rings is 1. The lowest BCUT2D eigenvalue weighted by molar-refractivity contribution is -0.115. The first-order valence-corrected chi connectivity index (χ1v) is 9.64. The third-order valence-corrected chi connectivity index (χ3v) is 5.53. The molecule has 134 valence electrons. The molecule has 26 heavy (non-hydrogen) atoms. The van der Waals surface area contributed by atoms with Crippen molar-refractivity contribution in [3.63, 3.8) is 0 Å². The summed E-state index contributed by atoms with van der Waals surface area (Å²) in [6, 6.07) is 10.1. The molecule has 1 aromatic carbocycles. The van der Waals surface area contributed by atoms with E-state index in [1.54, 1.807) is 7.11 Å². The Kier molecular flexibility index (Phi) is 5.79. The number of methoxy groups -OCH3 is 1. The van der Waals surface area contributed by atoms with Gasteiger partial charge >= 0.3 is 0 Å². The Bertz CT molecular complexity index is 857. The van der Waals surface area contributed by atoms with E-state index in [1.807, 2.05) is 24.3 Å². The Labute approximate surface area is 157 Å². The molecule has 0 unspecified atom stereocenters. The molecule has 0 atom stereocenters. The van der Waals surface area contributed by atoms with Gasteiger partial charge in [-0.25, -0.2) is 4.98 Å². The van der Waals surface area contributed by atoms with E-state index in [9.17, 15) is 10.1 Å². The number of pyridine rings is 1. The highest BCUT2D eigenvalue weighted by Gasteiger charge is 2.22. The van der Waals surface area contributed by atoms with Gasteiger partial charge in [0.05, 0.1) is 18.4 Å². The Hall–Kier alpha value is -2.52. The summed E-state index contributed by atoms with van der Waals surface area (Å²) < 4.78 is 5.25. The fourth-order valence-corrected chi connectivity index (χ4v) is 4.06. The number of fused-ring (bicyclic) bond motifs is 1. The minimum atomic E-state index is -0.415. The summed E-state index contributed by atoms with van der Waals surface area (Å²) in [6.07, 6.45) is 5.15. The average Bonchev–Trinajstić information content (AvgIpc) is 2.90. The summed E-state index contributed by atoms with van der Waals surface area (Å²) in [4.78, 5) is 16.0. The van der Waals surface area contributed by atoms with E-state index in [-0.39, 0.29) is 5.75 Å². The molecule has 2 N–H and O–H groups in total. The van der Waals surface area contributed by atoms with Crippen LogP contribution in [0.15, 0.2) is 29.3 Å². The van der Waals surface area contributed by atoms with E-state index in [1.165, 1.54) is 11.8 Å². The predicted molar refractivity (Wildman–Crippen MR) is 102 cm³/mol. The van der Waals surface area contributed by atoms with Crippen molar-refractivity contribution >= 4 is 17.7 Å². The van der Waals surface area contributed by atoms with Crippen LogP contribution in [0.4, 0.5) is 0 Å². The Morgan fingerprint density at radius 3 is 2.65 bits per heavy atom. The minimum absolute atomic E-state index is 0.114. The number of aryl methyl sites for hydroxylation is 1. The number of primary amides is 1. The molecule has 1 aliphatic rings. The smallest absolute Gasteiger partial charge is 0.227 e. The topological polar surface area (TPSA) is 89.0 Å². The van der Waals surface area contributed by atoms with Gasteiger partial charge in [-0.1, -0.05) is 30.3 Å². The zero-order chi connectivity index (χ0) is 18.5. The van der Waals surface area contributed by atoms with Crippen LogP contribution in [-0.4, -0.2) is 23.8 Å². The third kappa shape index (κ3) is 3.83. The van der Waals surface area contributed by atoms with Gasteiger partial charge in [-0.2, -0.15) is 5.26 Å². The van der Waals surface area contributed by atoms with E-state index in [2.05, 4.69) is 6.07 Å². The van der Waals surface area contributed by atoms with Crippen molar-refractivity contribution in [2.75, 3.05) is 12.9 Å². The maximum absolute atomic E-state index is 11.2. The number of hydrogen-bond donors (Lipinski definition) is 1. The fraction of sp³-hybridized carbons (Fsp3) is 0.350. The first kappa shape index (κ1) is 18.3. The molecule has 3 rings (SSSR count). The second kappa shape index (κ2) is 8.24. The minimum Gasteiger partial charge on any atom is -0.497 e. The van der Waals surface area contributed by atoms with Gasteiger partial charge < -0.3 is 10.5 Å². The molecule has 1 amide bonds. The Morgan fingerprint density at radius 1 is 1.27 bits per heavy atom. The number of carbonyl (C=O) groups is 1. The van der Waals surface area contributed by atoms with Crippen LogP contribution >= 0.6 is 11.8 Å². The lowest BCUT2D eigenvalue weighted by Gasteiger charge is -2.17. The number of rotatable bonds is 5. The maximum Gasteiger partial charge on any atom is 0.227 e. The van der Waals surface area contributed by atoms with Gasteiger partial charge in [0, 0.05) is 11.3 Å². The standard InChI is InChI=1S/C20H21N3O2S/c1-25-14-9-7-13(8-10-14)19-15-5-3-2-4-6-17(15)23-20(16(19)11-21)26-12-18(22)24/h7-10H,2-6,12H2,1H3,(H2,22,24). The summed E-state index contributed by atoms with van der Waals surface area (Å²) in [7, 11) is 1.63. The van der Waals surface area contributed by atoms with Crippen molar-refractivity contribution in [2.45, 2.75) is 37.1 Å². The summed E-state index contributed by atoms with van der Waals surface area (Å²) in [6.45, 7) is 0. The summed E-state index contributed by atoms with van der Waals surface area (Å²) >= 11 is 1.24. The van der Waals surface area contributed by atoms with Crippen LogP contribution < -0.4 is 10.5 Å². The molecule has 1 heterocycles. The Morgan fingerprint density at radius 2 is 2.00 bits per heavy atom. The monoisotopic (exact) mass is 367 g/mol. The van der Waals surface area contributed by atoms with Crippen molar-refractivity contribution in [1.82, 2.24) is 4.98 Å². The largest absolute Gasteiger partial charge is 0.497 e. The molecule has 5 nitrogen and oxygen atoms in total. The normalized spacial score (nSPS) is 13.4. The summed E-state index contributed by atoms with van der Waals surface area (Å²) in [5.74, 6) is 0.472.